The average molecular weight is 211 g/mol. The quantitative estimate of drug-likeness (QED) is 0.558. The van der Waals surface area contributed by atoms with Crippen LogP contribution in [0.4, 0.5) is 0 Å². The van der Waals surface area contributed by atoms with Gasteiger partial charge in [-0.2, -0.15) is 0 Å². The zero-order chi connectivity index (χ0) is 9.80. The highest BCUT2D eigenvalue weighted by Gasteiger charge is 2.14. The molecule has 1 aromatic rings. The topological polar surface area (TPSA) is 47.8 Å². The predicted octanol–water partition coefficient (Wildman–Crippen LogP) is 1.30. The maximum absolute atomic E-state index is 10.3. The minimum absolute atomic E-state index is 0.470. The minimum atomic E-state index is 0.470. The van der Waals surface area contributed by atoms with E-state index in [1.165, 1.54) is 31.0 Å². The van der Waals surface area contributed by atoms with E-state index in [1.807, 2.05) is 0 Å². The Morgan fingerprint density at radius 2 is 2.29 bits per heavy atom. The summed E-state index contributed by atoms with van der Waals surface area (Å²) >= 11 is 1.47. The molecule has 0 fully saturated rings. The molecule has 0 unspecified atom stereocenters. The Kier molecular flexibility index (Phi) is 3.18. The van der Waals surface area contributed by atoms with Crippen LogP contribution in [-0.2, 0) is 17.8 Å². The van der Waals surface area contributed by atoms with Crippen molar-refractivity contribution in [2.24, 2.45) is 0 Å². The summed E-state index contributed by atoms with van der Waals surface area (Å²) in [5.41, 5.74) is 0. The van der Waals surface area contributed by atoms with Gasteiger partial charge in [0, 0.05) is 13.0 Å². The lowest BCUT2D eigenvalue weighted by Crippen LogP contribution is -2.02. The maximum Gasteiger partial charge on any atom is 0.191 e. The molecule has 0 bridgehead atoms. The number of hydrogen-bond donors (Lipinski definition) is 0. The highest BCUT2D eigenvalue weighted by Crippen LogP contribution is 2.20. The van der Waals surface area contributed by atoms with Crippen LogP contribution in [0.1, 0.15) is 25.1 Å². The van der Waals surface area contributed by atoms with Crippen LogP contribution in [0.15, 0.2) is 5.16 Å². The summed E-state index contributed by atoms with van der Waals surface area (Å²) in [5.74, 6) is 1.55. The Morgan fingerprint density at radius 3 is 3.14 bits per heavy atom. The van der Waals surface area contributed by atoms with Crippen LogP contribution in [0.3, 0.4) is 0 Å². The number of carbonyl (C=O) groups is 1. The Morgan fingerprint density at radius 1 is 1.36 bits per heavy atom. The summed E-state index contributed by atoms with van der Waals surface area (Å²) in [4.78, 5) is 10.3. The van der Waals surface area contributed by atoms with Crippen LogP contribution in [0, 0.1) is 0 Å². The third-order valence-electron chi connectivity index (χ3n) is 2.36. The second kappa shape index (κ2) is 4.59. The van der Waals surface area contributed by atoms with Gasteiger partial charge in [0.1, 0.15) is 12.1 Å². The third kappa shape index (κ3) is 1.97. The minimum Gasteiger partial charge on any atom is -0.306 e. The van der Waals surface area contributed by atoms with Gasteiger partial charge in [0.25, 0.3) is 0 Å². The Balaban J connectivity index is 2.16. The highest BCUT2D eigenvalue weighted by molar-refractivity contribution is 7.99. The lowest BCUT2D eigenvalue weighted by molar-refractivity contribution is -0.105. The van der Waals surface area contributed by atoms with E-state index < -0.39 is 0 Å². The molecule has 2 heterocycles. The first-order chi connectivity index (χ1) is 6.92. The molecule has 0 saturated heterocycles. The van der Waals surface area contributed by atoms with E-state index in [2.05, 4.69) is 14.8 Å². The van der Waals surface area contributed by atoms with Gasteiger partial charge in [0.05, 0.1) is 5.75 Å². The van der Waals surface area contributed by atoms with Gasteiger partial charge in [-0.25, -0.2) is 0 Å². The maximum atomic E-state index is 10.3. The van der Waals surface area contributed by atoms with E-state index in [-0.39, 0.29) is 0 Å². The SMILES string of the molecule is O=CCSc1nnc2n1CCCCC2. The van der Waals surface area contributed by atoms with Gasteiger partial charge < -0.3 is 9.36 Å². The van der Waals surface area contributed by atoms with Crippen molar-refractivity contribution in [3.63, 3.8) is 0 Å². The predicted molar refractivity (Wildman–Crippen MR) is 54.4 cm³/mol. The number of hydrogen-bond acceptors (Lipinski definition) is 4. The molecule has 14 heavy (non-hydrogen) atoms. The number of rotatable bonds is 3. The number of thioether (sulfide) groups is 1. The molecule has 76 valence electrons. The molecular weight excluding hydrogens is 198 g/mol. The van der Waals surface area contributed by atoms with Gasteiger partial charge >= 0.3 is 0 Å². The van der Waals surface area contributed by atoms with Gasteiger partial charge in [0.15, 0.2) is 5.16 Å². The fourth-order valence-corrected chi connectivity index (χ4v) is 2.34. The molecule has 1 aliphatic heterocycles. The molecule has 0 saturated carbocycles. The number of aromatic nitrogens is 3. The van der Waals surface area contributed by atoms with E-state index in [0.29, 0.717) is 5.75 Å². The largest absolute Gasteiger partial charge is 0.306 e. The second-order valence-electron chi connectivity index (χ2n) is 3.34. The van der Waals surface area contributed by atoms with Crippen molar-refractivity contribution in [3.8, 4) is 0 Å². The first-order valence-corrected chi connectivity index (χ1v) is 5.89. The van der Waals surface area contributed by atoms with E-state index in [9.17, 15) is 4.79 Å². The molecule has 2 rings (SSSR count). The average Bonchev–Trinajstić information content (AvgIpc) is 2.45. The molecular formula is C9H13N3OS. The molecule has 0 aromatic carbocycles. The number of nitrogens with zero attached hydrogens (tertiary/aromatic N) is 3. The zero-order valence-corrected chi connectivity index (χ0v) is 8.79. The summed E-state index contributed by atoms with van der Waals surface area (Å²) in [6.45, 7) is 1.00. The second-order valence-corrected chi connectivity index (χ2v) is 4.33. The van der Waals surface area contributed by atoms with Gasteiger partial charge in [0.2, 0.25) is 0 Å². The summed E-state index contributed by atoms with van der Waals surface area (Å²) in [7, 11) is 0. The highest BCUT2D eigenvalue weighted by atomic mass is 32.2. The van der Waals surface area contributed by atoms with Crippen LogP contribution in [0.25, 0.3) is 0 Å². The fourth-order valence-electron chi connectivity index (χ4n) is 1.67. The summed E-state index contributed by atoms with van der Waals surface area (Å²) in [6.07, 6.45) is 5.59. The number of fused-ring (bicyclic) bond motifs is 1. The van der Waals surface area contributed by atoms with E-state index >= 15 is 0 Å². The third-order valence-corrected chi connectivity index (χ3v) is 3.22. The van der Waals surface area contributed by atoms with Crippen molar-refractivity contribution in [1.82, 2.24) is 14.8 Å². The molecule has 0 radical (unpaired) electrons. The van der Waals surface area contributed by atoms with Crippen molar-refractivity contribution in [3.05, 3.63) is 5.82 Å². The van der Waals surface area contributed by atoms with Crippen molar-refractivity contribution in [2.75, 3.05) is 5.75 Å². The van der Waals surface area contributed by atoms with Crippen LogP contribution >= 0.6 is 11.8 Å². The number of aryl methyl sites for hydroxylation is 1. The van der Waals surface area contributed by atoms with Crippen LogP contribution < -0.4 is 0 Å². The van der Waals surface area contributed by atoms with Crippen molar-refractivity contribution in [1.29, 1.82) is 0 Å². The molecule has 0 aliphatic carbocycles. The van der Waals surface area contributed by atoms with Crippen LogP contribution in [0.5, 0.6) is 0 Å². The van der Waals surface area contributed by atoms with Crippen LogP contribution in [-0.4, -0.2) is 26.8 Å². The summed E-state index contributed by atoms with van der Waals surface area (Å²) in [6, 6.07) is 0. The van der Waals surface area contributed by atoms with E-state index in [1.54, 1.807) is 0 Å². The van der Waals surface area contributed by atoms with Crippen LogP contribution in [0.2, 0.25) is 0 Å². The van der Waals surface area contributed by atoms with Gasteiger partial charge in [-0.1, -0.05) is 18.2 Å². The van der Waals surface area contributed by atoms with Crippen molar-refractivity contribution >= 4 is 18.0 Å². The fraction of sp³-hybridized carbons (Fsp3) is 0.667. The molecule has 0 atom stereocenters. The standard InChI is InChI=1S/C9H13N3OS/c13-6-7-14-9-11-10-8-4-2-1-3-5-12(8)9/h6H,1-5,7H2. The molecule has 1 aromatic heterocycles. The lowest BCUT2D eigenvalue weighted by atomic mass is 10.2. The Hall–Kier alpha value is -0.840. The Bertz CT molecular complexity index is 324. The first kappa shape index (κ1) is 9.71. The van der Waals surface area contributed by atoms with E-state index in [0.717, 1.165) is 30.2 Å². The normalized spacial score (nSPS) is 16.0. The Labute approximate surface area is 87.1 Å². The van der Waals surface area contributed by atoms with Crippen molar-refractivity contribution in [2.45, 2.75) is 37.4 Å². The monoisotopic (exact) mass is 211 g/mol. The number of carbonyl (C=O) groups excluding carboxylic acids is 1. The molecule has 0 N–H and O–H groups in total. The number of aldehydes is 1. The summed E-state index contributed by atoms with van der Waals surface area (Å²) in [5, 5.41) is 9.14. The van der Waals surface area contributed by atoms with Gasteiger partial charge in [-0.05, 0) is 12.8 Å². The lowest BCUT2D eigenvalue weighted by Gasteiger charge is -2.04. The zero-order valence-electron chi connectivity index (χ0n) is 7.98. The molecule has 0 amide bonds. The molecule has 0 spiro atoms. The molecule has 4 nitrogen and oxygen atoms in total. The van der Waals surface area contributed by atoms with Gasteiger partial charge in [-0.15, -0.1) is 10.2 Å². The summed E-state index contributed by atoms with van der Waals surface area (Å²) < 4.78 is 2.15. The van der Waals surface area contributed by atoms with E-state index in [4.69, 9.17) is 0 Å². The smallest absolute Gasteiger partial charge is 0.191 e. The molecule has 5 heteroatoms. The van der Waals surface area contributed by atoms with Crippen molar-refractivity contribution < 1.29 is 4.79 Å². The molecule has 1 aliphatic rings. The van der Waals surface area contributed by atoms with Gasteiger partial charge in [-0.3, -0.25) is 0 Å². The first-order valence-electron chi connectivity index (χ1n) is 4.90.